The van der Waals surface area contributed by atoms with Crippen LogP contribution in [0, 0.1) is 0 Å². The second-order valence-corrected chi connectivity index (χ2v) is 4.51. The van der Waals surface area contributed by atoms with Crippen LogP contribution in [0.25, 0.3) is 0 Å². The molecule has 0 saturated heterocycles. The molecule has 1 aromatic rings. The maximum absolute atomic E-state index is 12.2. The van der Waals surface area contributed by atoms with E-state index < -0.39 is 18.0 Å². The van der Waals surface area contributed by atoms with Crippen LogP contribution in [0.5, 0.6) is 0 Å². The van der Waals surface area contributed by atoms with Gasteiger partial charge in [-0.1, -0.05) is 12.1 Å². The number of aliphatic hydroxyl groups is 1. The molecule has 0 radical (unpaired) electrons. The van der Waals surface area contributed by atoms with E-state index in [0.717, 1.165) is 4.90 Å². The molecule has 8 nitrogen and oxygen atoms in total. The first kappa shape index (κ1) is 14.9. The van der Waals surface area contributed by atoms with Gasteiger partial charge >= 0.3 is 0 Å². The van der Waals surface area contributed by atoms with Crippen molar-refractivity contribution in [3.8, 4) is 0 Å². The van der Waals surface area contributed by atoms with Crippen molar-refractivity contribution in [3.63, 3.8) is 0 Å². The van der Waals surface area contributed by atoms with Crippen molar-refractivity contribution in [1.82, 2.24) is 9.91 Å². The number of likely N-dealkylation sites (N-methyl/N-ethyl adjacent to an activating group) is 1. The Hall–Kier alpha value is -2.48. The highest BCUT2D eigenvalue weighted by Crippen LogP contribution is 2.24. The quantitative estimate of drug-likeness (QED) is 0.476. The Kier molecular flexibility index (Phi) is 4.49. The van der Waals surface area contributed by atoms with Gasteiger partial charge in [0.1, 0.15) is 0 Å². The van der Waals surface area contributed by atoms with Crippen LogP contribution in [0.2, 0.25) is 0 Å². The summed E-state index contributed by atoms with van der Waals surface area (Å²) in [5.74, 6) is -0.830. The number of imide groups is 1. The fourth-order valence-corrected chi connectivity index (χ4v) is 1.93. The molecule has 0 spiro atoms. The molecule has 1 N–H and O–H groups in total. The van der Waals surface area contributed by atoms with E-state index in [1.807, 2.05) is 0 Å². The van der Waals surface area contributed by atoms with Crippen LogP contribution in [0.3, 0.4) is 0 Å². The van der Waals surface area contributed by atoms with E-state index in [9.17, 15) is 9.59 Å². The third-order valence-electron chi connectivity index (χ3n) is 3.00. The molecular weight excluding hydrogens is 276 g/mol. The monoisotopic (exact) mass is 292 g/mol. The van der Waals surface area contributed by atoms with Gasteiger partial charge in [0.2, 0.25) is 6.23 Å². The number of benzene rings is 1. The molecule has 0 saturated carbocycles. The Labute approximate surface area is 121 Å². The smallest absolute Gasteiger partial charge is 0.264 e. The van der Waals surface area contributed by atoms with Gasteiger partial charge in [-0.05, 0) is 24.3 Å². The average Bonchev–Trinajstić information content (AvgIpc) is 2.72. The van der Waals surface area contributed by atoms with Gasteiger partial charge in [0.05, 0.1) is 24.3 Å². The maximum Gasteiger partial charge on any atom is 0.264 e. The summed E-state index contributed by atoms with van der Waals surface area (Å²) >= 11 is 0. The SMILES string of the molecule is CC(O/N=N/N(C)CCO)N1C(=O)c2ccccc2C1=O. The van der Waals surface area contributed by atoms with Crippen LogP contribution >= 0.6 is 0 Å². The first-order valence-electron chi connectivity index (χ1n) is 6.42. The number of nitrogens with zero attached hydrogens (tertiary/aromatic N) is 4. The van der Waals surface area contributed by atoms with Crippen molar-refractivity contribution in [3.05, 3.63) is 35.4 Å². The third-order valence-corrected chi connectivity index (χ3v) is 3.00. The van der Waals surface area contributed by atoms with Crippen LogP contribution in [0.4, 0.5) is 0 Å². The summed E-state index contributed by atoms with van der Waals surface area (Å²) in [6.07, 6.45) is -0.872. The predicted molar refractivity (Wildman–Crippen MR) is 72.1 cm³/mol. The summed E-state index contributed by atoms with van der Waals surface area (Å²) < 4.78 is 0. The Balaban J connectivity index is 2.03. The third kappa shape index (κ3) is 3.00. The van der Waals surface area contributed by atoms with Gasteiger partial charge < -0.3 is 9.94 Å². The number of fused-ring (bicyclic) bond motifs is 1. The number of amides is 2. The molecule has 0 bridgehead atoms. The van der Waals surface area contributed by atoms with Crippen molar-refractivity contribution in [1.29, 1.82) is 0 Å². The van der Waals surface area contributed by atoms with E-state index in [4.69, 9.17) is 9.94 Å². The van der Waals surface area contributed by atoms with E-state index in [1.54, 1.807) is 31.3 Å². The second-order valence-electron chi connectivity index (χ2n) is 4.51. The van der Waals surface area contributed by atoms with Crippen molar-refractivity contribution < 1.29 is 19.5 Å². The van der Waals surface area contributed by atoms with Gasteiger partial charge in [0.25, 0.3) is 11.8 Å². The topological polar surface area (TPSA) is 94.8 Å². The summed E-state index contributed by atoms with van der Waals surface area (Å²) in [7, 11) is 1.61. The molecule has 1 atom stereocenters. The summed E-state index contributed by atoms with van der Waals surface area (Å²) in [5, 5.41) is 17.2. The lowest BCUT2D eigenvalue weighted by atomic mass is 10.1. The first-order chi connectivity index (χ1) is 10.1. The number of aliphatic hydroxyl groups excluding tert-OH is 1. The molecule has 8 heteroatoms. The zero-order valence-electron chi connectivity index (χ0n) is 11.8. The number of rotatable bonds is 6. The van der Waals surface area contributed by atoms with Gasteiger partial charge in [-0.3, -0.25) is 14.6 Å². The summed E-state index contributed by atoms with van der Waals surface area (Å²) in [5.41, 5.74) is 0.708. The van der Waals surface area contributed by atoms with Crippen molar-refractivity contribution in [2.75, 3.05) is 20.2 Å². The molecule has 1 unspecified atom stereocenters. The summed E-state index contributed by atoms with van der Waals surface area (Å²) in [6.45, 7) is 1.77. The normalized spacial score (nSPS) is 15.5. The lowest BCUT2D eigenvalue weighted by Crippen LogP contribution is -2.38. The Morgan fingerprint density at radius 1 is 1.29 bits per heavy atom. The zero-order chi connectivity index (χ0) is 15.4. The van der Waals surface area contributed by atoms with Crippen molar-refractivity contribution in [2.45, 2.75) is 13.2 Å². The standard InChI is InChI=1S/C13H16N4O4/c1-9(21-15-14-16(2)7-8-18)17-12(19)10-5-3-4-6-11(10)13(17)20/h3-6,9,18H,7-8H2,1-2H3/b15-14+. The number of hydrogen-bond acceptors (Lipinski definition) is 6. The van der Waals surface area contributed by atoms with E-state index in [1.165, 1.54) is 11.9 Å². The van der Waals surface area contributed by atoms with E-state index in [-0.39, 0.29) is 6.61 Å². The van der Waals surface area contributed by atoms with Crippen LogP contribution in [0.1, 0.15) is 27.6 Å². The van der Waals surface area contributed by atoms with Gasteiger partial charge in [0, 0.05) is 12.3 Å². The van der Waals surface area contributed by atoms with E-state index in [2.05, 4.69) is 10.5 Å². The lowest BCUT2D eigenvalue weighted by Gasteiger charge is -2.19. The highest BCUT2D eigenvalue weighted by atomic mass is 16.7. The number of carbonyl (C=O) groups is 2. The minimum absolute atomic E-state index is 0.0660. The molecule has 21 heavy (non-hydrogen) atoms. The molecular formula is C13H16N4O4. The molecule has 1 aliphatic rings. The van der Waals surface area contributed by atoms with Gasteiger partial charge in [0.15, 0.2) is 0 Å². The molecule has 1 heterocycles. The van der Waals surface area contributed by atoms with Crippen LogP contribution < -0.4 is 0 Å². The Morgan fingerprint density at radius 2 is 1.86 bits per heavy atom. The minimum atomic E-state index is -0.872. The van der Waals surface area contributed by atoms with Crippen LogP contribution in [-0.2, 0) is 4.84 Å². The highest BCUT2D eigenvalue weighted by Gasteiger charge is 2.39. The molecule has 0 fully saturated rings. The number of carbonyl (C=O) groups excluding carboxylic acids is 2. The zero-order valence-corrected chi connectivity index (χ0v) is 11.8. The summed E-state index contributed by atoms with van der Waals surface area (Å²) in [4.78, 5) is 30.3. The molecule has 2 amide bonds. The Morgan fingerprint density at radius 3 is 2.38 bits per heavy atom. The van der Waals surface area contributed by atoms with Crippen LogP contribution in [-0.4, -0.2) is 53.3 Å². The maximum atomic E-state index is 12.2. The molecule has 2 rings (SSSR count). The highest BCUT2D eigenvalue weighted by molar-refractivity contribution is 6.21. The Bertz CT molecular complexity index is 540. The average molecular weight is 292 g/mol. The second kappa shape index (κ2) is 6.31. The van der Waals surface area contributed by atoms with Crippen LogP contribution in [0.15, 0.2) is 34.8 Å². The molecule has 1 aromatic carbocycles. The fraction of sp³-hybridized carbons (Fsp3) is 0.385. The van der Waals surface area contributed by atoms with E-state index >= 15 is 0 Å². The van der Waals surface area contributed by atoms with Crippen molar-refractivity contribution in [2.24, 2.45) is 10.5 Å². The molecule has 0 aliphatic carbocycles. The summed E-state index contributed by atoms with van der Waals surface area (Å²) in [6, 6.07) is 6.59. The van der Waals surface area contributed by atoms with Crippen molar-refractivity contribution >= 4 is 11.8 Å². The molecule has 1 aliphatic heterocycles. The molecule has 112 valence electrons. The van der Waals surface area contributed by atoms with Gasteiger partial charge in [-0.15, -0.1) is 0 Å². The predicted octanol–water partition coefficient (Wildman–Crippen LogP) is 0.852. The van der Waals surface area contributed by atoms with Gasteiger partial charge in [-0.2, -0.15) is 0 Å². The first-order valence-corrected chi connectivity index (χ1v) is 6.42. The molecule has 0 aromatic heterocycles. The van der Waals surface area contributed by atoms with E-state index in [0.29, 0.717) is 17.7 Å². The fourth-order valence-electron chi connectivity index (χ4n) is 1.93. The largest absolute Gasteiger partial charge is 0.394 e. The number of hydrogen-bond donors (Lipinski definition) is 1. The van der Waals surface area contributed by atoms with Gasteiger partial charge in [-0.25, -0.2) is 4.90 Å². The minimum Gasteiger partial charge on any atom is -0.394 e. The lowest BCUT2D eigenvalue weighted by molar-refractivity contribution is -0.0359.